The molecular weight excluding hydrogens is 197 g/mol. The summed E-state index contributed by atoms with van der Waals surface area (Å²) in [5.41, 5.74) is 0.569. The van der Waals surface area contributed by atoms with Gasteiger partial charge in [0.05, 0.1) is 13.3 Å². The molecule has 3 nitrogen and oxygen atoms in total. The van der Waals surface area contributed by atoms with Crippen LogP contribution in [0.1, 0.15) is 5.76 Å². The van der Waals surface area contributed by atoms with E-state index in [0.717, 1.165) is 0 Å². The van der Waals surface area contributed by atoms with Crippen LogP contribution in [0.15, 0.2) is 28.8 Å². The number of benzene rings is 1. The second kappa shape index (κ2) is 3.73. The molecule has 0 saturated carbocycles. The SMILES string of the molecule is COc1cc(F)cc(-c2ncc(C)o2)c1. The zero-order valence-corrected chi connectivity index (χ0v) is 8.45. The first-order valence-electron chi connectivity index (χ1n) is 4.46. The van der Waals surface area contributed by atoms with Crippen LogP contribution in [0.4, 0.5) is 4.39 Å². The summed E-state index contributed by atoms with van der Waals surface area (Å²) >= 11 is 0. The van der Waals surface area contributed by atoms with Crippen molar-refractivity contribution in [2.45, 2.75) is 6.92 Å². The maximum absolute atomic E-state index is 13.2. The minimum atomic E-state index is -0.375. The van der Waals surface area contributed by atoms with Crippen LogP contribution in [0.25, 0.3) is 11.5 Å². The van der Waals surface area contributed by atoms with E-state index in [2.05, 4.69) is 4.98 Å². The van der Waals surface area contributed by atoms with E-state index in [1.165, 1.54) is 19.2 Å². The normalized spacial score (nSPS) is 10.3. The number of methoxy groups -OCH3 is 1. The molecule has 1 aromatic heterocycles. The van der Waals surface area contributed by atoms with Crippen LogP contribution < -0.4 is 4.74 Å². The van der Waals surface area contributed by atoms with Crippen LogP contribution >= 0.6 is 0 Å². The van der Waals surface area contributed by atoms with E-state index in [0.29, 0.717) is 23.0 Å². The van der Waals surface area contributed by atoms with Crippen LogP contribution in [0.5, 0.6) is 5.75 Å². The highest BCUT2D eigenvalue weighted by Crippen LogP contribution is 2.24. The first-order valence-corrected chi connectivity index (χ1v) is 4.46. The first kappa shape index (κ1) is 9.71. The molecule has 78 valence electrons. The minimum Gasteiger partial charge on any atom is -0.497 e. The molecule has 4 heteroatoms. The van der Waals surface area contributed by atoms with E-state index >= 15 is 0 Å². The van der Waals surface area contributed by atoms with Gasteiger partial charge in [0.1, 0.15) is 17.3 Å². The van der Waals surface area contributed by atoms with Crippen LogP contribution in [0.2, 0.25) is 0 Å². The molecule has 0 spiro atoms. The standard InChI is InChI=1S/C11H10FNO2/c1-7-6-13-11(15-7)8-3-9(12)5-10(4-8)14-2/h3-6H,1-2H3. The van der Waals surface area contributed by atoms with E-state index in [4.69, 9.17) is 9.15 Å². The molecule has 0 atom stereocenters. The quantitative estimate of drug-likeness (QED) is 0.759. The smallest absolute Gasteiger partial charge is 0.226 e. The van der Waals surface area contributed by atoms with Gasteiger partial charge in [-0.05, 0) is 19.1 Å². The molecule has 0 aliphatic rings. The summed E-state index contributed by atoms with van der Waals surface area (Å²) in [4.78, 5) is 4.01. The summed E-state index contributed by atoms with van der Waals surface area (Å²) in [6.45, 7) is 1.78. The molecule has 1 aromatic carbocycles. The zero-order valence-electron chi connectivity index (χ0n) is 8.45. The van der Waals surface area contributed by atoms with E-state index in [1.807, 2.05) is 0 Å². The molecule has 0 N–H and O–H groups in total. The number of rotatable bonds is 2. The third-order valence-electron chi connectivity index (χ3n) is 1.98. The van der Waals surface area contributed by atoms with Crippen LogP contribution in [0.3, 0.4) is 0 Å². The van der Waals surface area contributed by atoms with Gasteiger partial charge < -0.3 is 9.15 Å². The van der Waals surface area contributed by atoms with E-state index in [9.17, 15) is 4.39 Å². The van der Waals surface area contributed by atoms with E-state index in [1.54, 1.807) is 19.2 Å². The highest BCUT2D eigenvalue weighted by atomic mass is 19.1. The summed E-state index contributed by atoms with van der Waals surface area (Å²) in [5, 5.41) is 0. The molecule has 0 aliphatic carbocycles. The Morgan fingerprint density at radius 1 is 1.33 bits per heavy atom. The average molecular weight is 207 g/mol. The van der Waals surface area contributed by atoms with Gasteiger partial charge in [-0.15, -0.1) is 0 Å². The Kier molecular flexibility index (Phi) is 2.41. The number of aryl methyl sites for hydroxylation is 1. The molecule has 0 bridgehead atoms. The fraction of sp³-hybridized carbons (Fsp3) is 0.182. The monoisotopic (exact) mass is 207 g/mol. The van der Waals surface area contributed by atoms with Gasteiger partial charge in [0.2, 0.25) is 5.89 Å². The van der Waals surface area contributed by atoms with Crippen molar-refractivity contribution < 1.29 is 13.5 Å². The number of ether oxygens (including phenoxy) is 1. The Balaban J connectivity index is 2.48. The molecule has 0 unspecified atom stereocenters. The molecule has 0 radical (unpaired) electrons. The molecule has 1 heterocycles. The predicted octanol–water partition coefficient (Wildman–Crippen LogP) is 2.80. The summed E-state index contributed by atoms with van der Waals surface area (Å²) in [5.74, 6) is 1.15. The van der Waals surface area contributed by atoms with Crippen LogP contribution in [-0.4, -0.2) is 12.1 Å². The summed E-state index contributed by atoms with van der Waals surface area (Å²) in [6.07, 6.45) is 1.59. The maximum Gasteiger partial charge on any atom is 0.226 e. The zero-order chi connectivity index (χ0) is 10.8. The summed E-state index contributed by atoms with van der Waals surface area (Å²) < 4.78 is 23.4. The molecule has 15 heavy (non-hydrogen) atoms. The maximum atomic E-state index is 13.2. The van der Waals surface area contributed by atoms with Crippen molar-refractivity contribution in [3.63, 3.8) is 0 Å². The Hall–Kier alpha value is -1.84. The third kappa shape index (κ3) is 1.98. The van der Waals surface area contributed by atoms with Gasteiger partial charge in [-0.2, -0.15) is 0 Å². The molecule has 2 rings (SSSR count). The topological polar surface area (TPSA) is 35.3 Å². The van der Waals surface area contributed by atoms with Crippen molar-refractivity contribution in [3.8, 4) is 17.2 Å². The lowest BCUT2D eigenvalue weighted by molar-refractivity contribution is 0.411. The molecule has 0 fully saturated rings. The van der Waals surface area contributed by atoms with Crippen molar-refractivity contribution in [2.75, 3.05) is 7.11 Å². The number of oxazole rings is 1. The van der Waals surface area contributed by atoms with Gasteiger partial charge in [0.25, 0.3) is 0 Å². The lowest BCUT2D eigenvalue weighted by Gasteiger charge is -2.01. The van der Waals surface area contributed by atoms with Crippen LogP contribution in [-0.2, 0) is 0 Å². The fourth-order valence-corrected chi connectivity index (χ4v) is 1.29. The second-order valence-electron chi connectivity index (χ2n) is 3.16. The minimum absolute atomic E-state index is 0.375. The average Bonchev–Trinajstić information content (AvgIpc) is 2.64. The van der Waals surface area contributed by atoms with Gasteiger partial charge in [0, 0.05) is 11.6 Å². The van der Waals surface area contributed by atoms with Crippen molar-refractivity contribution in [2.24, 2.45) is 0 Å². The molecule has 2 aromatic rings. The van der Waals surface area contributed by atoms with Gasteiger partial charge in [-0.25, -0.2) is 9.37 Å². The molecule has 0 aliphatic heterocycles. The number of hydrogen-bond acceptors (Lipinski definition) is 3. The van der Waals surface area contributed by atoms with Gasteiger partial charge in [-0.1, -0.05) is 0 Å². The van der Waals surface area contributed by atoms with Gasteiger partial charge in [0.15, 0.2) is 0 Å². The number of halogens is 1. The number of nitrogens with zero attached hydrogens (tertiary/aromatic N) is 1. The largest absolute Gasteiger partial charge is 0.497 e. The van der Waals surface area contributed by atoms with Crippen molar-refractivity contribution in [3.05, 3.63) is 36.0 Å². The molecular formula is C11H10FNO2. The first-order chi connectivity index (χ1) is 7.19. The number of hydrogen-bond donors (Lipinski definition) is 0. The third-order valence-corrected chi connectivity index (χ3v) is 1.98. The Morgan fingerprint density at radius 2 is 2.13 bits per heavy atom. The van der Waals surface area contributed by atoms with E-state index < -0.39 is 0 Å². The second-order valence-corrected chi connectivity index (χ2v) is 3.16. The highest BCUT2D eigenvalue weighted by molar-refractivity contribution is 5.56. The Labute approximate surface area is 86.5 Å². The molecule has 0 amide bonds. The fourth-order valence-electron chi connectivity index (χ4n) is 1.29. The Bertz CT molecular complexity index is 479. The lowest BCUT2D eigenvalue weighted by atomic mass is 10.2. The van der Waals surface area contributed by atoms with E-state index in [-0.39, 0.29) is 5.82 Å². The van der Waals surface area contributed by atoms with Crippen molar-refractivity contribution in [1.29, 1.82) is 0 Å². The van der Waals surface area contributed by atoms with Crippen molar-refractivity contribution >= 4 is 0 Å². The summed E-state index contributed by atoms with van der Waals surface area (Å²) in [7, 11) is 1.49. The Morgan fingerprint density at radius 3 is 2.73 bits per heavy atom. The van der Waals surface area contributed by atoms with Crippen LogP contribution in [0, 0.1) is 12.7 Å². The molecule has 0 saturated heterocycles. The predicted molar refractivity (Wildman–Crippen MR) is 53.2 cm³/mol. The van der Waals surface area contributed by atoms with Gasteiger partial charge in [-0.3, -0.25) is 0 Å². The lowest BCUT2D eigenvalue weighted by Crippen LogP contribution is -1.86. The summed E-state index contributed by atoms with van der Waals surface area (Å²) in [6, 6.07) is 4.33. The van der Waals surface area contributed by atoms with Crippen molar-refractivity contribution in [1.82, 2.24) is 4.98 Å². The van der Waals surface area contributed by atoms with Gasteiger partial charge >= 0.3 is 0 Å². The number of aromatic nitrogens is 1. The highest BCUT2D eigenvalue weighted by Gasteiger charge is 2.08.